The number of benzene rings is 1. The highest BCUT2D eigenvalue weighted by molar-refractivity contribution is 7.80. The number of rotatable bonds is 3. The molecule has 20 heavy (non-hydrogen) atoms. The Morgan fingerprint density at radius 2 is 2.20 bits per heavy atom. The molecule has 0 saturated carbocycles. The molecule has 1 aliphatic heterocycles. The molecule has 1 heterocycles. The number of carbonyl (C=O) groups excluding carboxylic acids is 1. The maximum atomic E-state index is 12.1. The second-order valence-electron chi connectivity index (χ2n) is 4.68. The van der Waals surface area contributed by atoms with E-state index in [0.717, 1.165) is 16.8 Å². The van der Waals surface area contributed by atoms with E-state index in [1.165, 1.54) is 7.11 Å². The number of methoxy groups -OCH3 is 1. The topological polar surface area (TPSA) is 50.4 Å². The lowest BCUT2D eigenvalue weighted by atomic mass is 9.93. The molecule has 2 rings (SSSR count). The van der Waals surface area contributed by atoms with E-state index in [4.69, 9.17) is 17.0 Å². The monoisotopic (exact) mass is 290 g/mol. The number of hydrogen-bond acceptors (Lipinski definition) is 3. The fraction of sp³-hybridized carbons (Fsp3) is 0.333. The van der Waals surface area contributed by atoms with Crippen molar-refractivity contribution in [3.05, 3.63) is 46.7 Å². The van der Waals surface area contributed by atoms with Crippen LogP contribution in [0.3, 0.4) is 0 Å². The van der Waals surface area contributed by atoms with Crippen molar-refractivity contribution < 1.29 is 9.53 Å². The van der Waals surface area contributed by atoms with Gasteiger partial charge >= 0.3 is 5.97 Å². The van der Waals surface area contributed by atoms with Gasteiger partial charge < -0.3 is 15.4 Å². The molecule has 4 nitrogen and oxygen atoms in total. The fourth-order valence-corrected chi connectivity index (χ4v) is 2.59. The lowest BCUT2D eigenvalue weighted by Gasteiger charge is -2.30. The zero-order valence-electron chi connectivity index (χ0n) is 11.8. The Bertz CT molecular complexity index is 581. The molecule has 1 unspecified atom stereocenters. The van der Waals surface area contributed by atoms with Gasteiger partial charge in [-0.25, -0.2) is 4.79 Å². The Morgan fingerprint density at radius 3 is 2.80 bits per heavy atom. The van der Waals surface area contributed by atoms with Gasteiger partial charge in [0, 0.05) is 5.70 Å². The van der Waals surface area contributed by atoms with Crippen LogP contribution in [0, 0.1) is 6.92 Å². The van der Waals surface area contributed by atoms with Crippen molar-refractivity contribution in [1.29, 1.82) is 0 Å². The molecule has 1 aliphatic rings. The second kappa shape index (κ2) is 6.05. The van der Waals surface area contributed by atoms with Crippen molar-refractivity contribution in [3.8, 4) is 0 Å². The molecule has 2 N–H and O–H groups in total. The molecule has 0 aromatic heterocycles. The Labute approximate surface area is 124 Å². The summed E-state index contributed by atoms with van der Waals surface area (Å²) in [7, 11) is 1.39. The third-order valence-electron chi connectivity index (χ3n) is 3.29. The molecular weight excluding hydrogens is 272 g/mol. The Morgan fingerprint density at radius 1 is 1.45 bits per heavy atom. The summed E-state index contributed by atoms with van der Waals surface area (Å²) in [6.45, 7) is 4.00. The Kier molecular flexibility index (Phi) is 4.39. The predicted octanol–water partition coefficient (Wildman–Crippen LogP) is 2.35. The molecule has 5 heteroatoms. The maximum absolute atomic E-state index is 12.1. The number of nitrogens with one attached hydrogen (secondary N) is 2. The van der Waals surface area contributed by atoms with Gasteiger partial charge in [0.1, 0.15) is 0 Å². The fourth-order valence-electron chi connectivity index (χ4n) is 2.35. The summed E-state index contributed by atoms with van der Waals surface area (Å²) >= 11 is 5.23. The van der Waals surface area contributed by atoms with Gasteiger partial charge in [0.25, 0.3) is 0 Å². The third kappa shape index (κ3) is 2.82. The number of carbonyl (C=O) groups is 1. The number of ether oxygens (including phenoxy) is 1. The van der Waals surface area contributed by atoms with E-state index in [1.54, 1.807) is 0 Å². The van der Waals surface area contributed by atoms with Gasteiger partial charge in [-0.2, -0.15) is 0 Å². The first kappa shape index (κ1) is 14.5. The van der Waals surface area contributed by atoms with E-state index >= 15 is 0 Å². The van der Waals surface area contributed by atoms with Crippen LogP contribution in [0.15, 0.2) is 35.5 Å². The van der Waals surface area contributed by atoms with Gasteiger partial charge in [-0.1, -0.05) is 36.8 Å². The highest BCUT2D eigenvalue weighted by Gasteiger charge is 2.31. The van der Waals surface area contributed by atoms with Crippen molar-refractivity contribution in [1.82, 2.24) is 10.6 Å². The second-order valence-corrected chi connectivity index (χ2v) is 5.09. The molecule has 0 saturated heterocycles. The first-order valence-electron chi connectivity index (χ1n) is 6.52. The average Bonchev–Trinajstić information content (AvgIpc) is 2.45. The quantitative estimate of drug-likeness (QED) is 0.661. The van der Waals surface area contributed by atoms with Gasteiger partial charge in [-0.15, -0.1) is 0 Å². The standard InChI is InChI=1S/C15H18N2O2S/c1-4-11-12(14(18)19-3)13(17-15(20)16-11)10-7-5-6-9(2)8-10/h5-8,13H,4H2,1-3H3,(H2,16,17,20). The molecule has 106 valence electrons. The van der Waals surface area contributed by atoms with Crippen molar-refractivity contribution in [2.24, 2.45) is 0 Å². The molecule has 0 fully saturated rings. The van der Waals surface area contributed by atoms with Crippen LogP contribution < -0.4 is 10.6 Å². The number of hydrogen-bond donors (Lipinski definition) is 2. The first-order chi connectivity index (χ1) is 9.56. The van der Waals surface area contributed by atoms with Crippen molar-refractivity contribution >= 4 is 23.3 Å². The van der Waals surface area contributed by atoms with Gasteiger partial charge in [-0.3, -0.25) is 0 Å². The summed E-state index contributed by atoms with van der Waals surface area (Å²) in [5.41, 5.74) is 3.54. The minimum Gasteiger partial charge on any atom is -0.466 e. The molecule has 0 amide bonds. The van der Waals surface area contributed by atoms with Crippen LogP contribution >= 0.6 is 12.2 Å². The number of aryl methyl sites for hydroxylation is 1. The summed E-state index contributed by atoms with van der Waals surface area (Å²) in [4.78, 5) is 12.1. The summed E-state index contributed by atoms with van der Waals surface area (Å²) in [5, 5.41) is 6.72. The smallest absolute Gasteiger partial charge is 0.337 e. The van der Waals surface area contributed by atoms with Crippen molar-refractivity contribution in [2.45, 2.75) is 26.3 Å². The Balaban J connectivity index is 2.53. The molecular formula is C15H18N2O2S. The molecule has 0 radical (unpaired) electrons. The zero-order valence-corrected chi connectivity index (χ0v) is 12.6. The van der Waals surface area contributed by atoms with E-state index in [2.05, 4.69) is 10.6 Å². The van der Waals surface area contributed by atoms with Crippen LogP contribution in [-0.2, 0) is 9.53 Å². The van der Waals surface area contributed by atoms with Crippen LogP contribution in [0.2, 0.25) is 0 Å². The molecule has 0 spiro atoms. The van der Waals surface area contributed by atoms with E-state index in [9.17, 15) is 4.79 Å². The van der Waals surface area contributed by atoms with Crippen molar-refractivity contribution in [2.75, 3.05) is 7.11 Å². The molecule has 1 aromatic carbocycles. The highest BCUT2D eigenvalue weighted by Crippen LogP contribution is 2.29. The van der Waals surface area contributed by atoms with Crippen molar-refractivity contribution in [3.63, 3.8) is 0 Å². The van der Waals surface area contributed by atoms with Crippen LogP contribution in [-0.4, -0.2) is 18.2 Å². The SMILES string of the molecule is CCC1=C(C(=O)OC)C(c2cccc(C)c2)NC(=S)N1. The highest BCUT2D eigenvalue weighted by atomic mass is 32.1. The minimum absolute atomic E-state index is 0.272. The average molecular weight is 290 g/mol. The lowest BCUT2D eigenvalue weighted by molar-refractivity contribution is -0.136. The summed E-state index contributed by atoms with van der Waals surface area (Å²) in [6, 6.07) is 7.74. The number of thiocarbonyl (C=S) groups is 1. The van der Waals surface area contributed by atoms with E-state index in [-0.39, 0.29) is 12.0 Å². The summed E-state index contributed by atoms with van der Waals surface area (Å²) in [6.07, 6.45) is 0.689. The largest absolute Gasteiger partial charge is 0.466 e. The van der Waals surface area contributed by atoms with E-state index in [0.29, 0.717) is 17.1 Å². The van der Waals surface area contributed by atoms with Gasteiger partial charge in [0.05, 0.1) is 18.7 Å². The molecule has 0 bridgehead atoms. The lowest BCUT2D eigenvalue weighted by Crippen LogP contribution is -2.45. The van der Waals surface area contributed by atoms with Crippen LogP contribution in [0.25, 0.3) is 0 Å². The van der Waals surface area contributed by atoms with Crippen LogP contribution in [0.1, 0.15) is 30.5 Å². The van der Waals surface area contributed by atoms with E-state index in [1.807, 2.05) is 38.1 Å². The molecule has 1 atom stereocenters. The maximum Gasteiger partial charge on any atom is 0.337 e. The predicted molar refractivity (Wildman–Crippen MR) is 82.1 cm³/mol. The van der Waals surface area contributed by atoms with Gasteiger partial charge in [-0.05, 0) is 31.1 Å². The zero-order chi connectivity index (χ0) is 14.7. The normalized spacial score (nSPS) is 18.4. The molecule has 1 aromatic rings. The molecule has 0 aliphatic carbocycles. The third-order valence-corrected chi connectivity index (χ3v) is 3.51. The first-order valence-corrected chi connectivity index (χ1v) is 6.93. The number of allylic oxidation sites excluding steroid dienone is 1. The Hall–Kier alpha value is -1.88. The van der Waals surface area contributed by atoms with Crippen LogP contribution in [0.5, 0.6) is 0 Å². The van der Waals surface area contributed by atoms with Gasteiger partial charge in [0.15, 0.2) is 5.11 Å². The van der Waals surface area contributed by atoms with Gasteiger partial charge in [0.2, 0.25) is 0 Å². The summed E-state index contributed by atoms with van der Waals surface area (Å²) in [5.74, 6) is -0.337. The minimum atomic E-state index is -0.337. The summed E-state index contributed by atoms with van der Waals surface area (Å²) < 4.78 is 4.92. The van der Waals surface area contributed by atoms with Crippen LogP contribution in [0.4, 0.5) is 0 Å². The van der Waals surface area contributed by atoms with E-state index < -0.39 is 0 Å². The number of esters is 1.